The third-order valence-corrected chi connectivity index (χ3v) is 4.97. The Morgan fingerprint density at radius 1 is 1.21 bits per heavy atom. The highest BCUT2D eigenvalue weighted by Gasteiger charge is 2.39. The van der Waals surface area contributed by atoms with E-state index in [2.05, 4.69) is 5.10 Å². The molecule has 0 saturated carbocycles. The monoisotopic (exact) mass is 358 g/mol. The van der Waals surface area contributed by atoms with Crippen LogP contribution < -0.4 is 4.74 Å². The molecule has 0 aliphatic carbocycles. The normalized spacial score (nSPS) is 27.2. The molecule has 1 fully saturated rings. The molecule has 0 unspecified atom stereocenters. The fourth-order valence-corrected chi connectivity index (χ4v) is 3.51. The number of thioether (sulfide) groups is 1. The highest BCUT2D eigenvalue weighted by molar-refractivity contribution is 7.99. The number of aryl methyl sites for hydroxylation is 1. The molecule has 9 heteroatoms. The molecule has 2 aromatic rings. The number of aromatic nitrogens is 2. The third kappa shape index (κ3) is 3.25. The average molecular weight is 358 g/mol. The molecule has 0 amide bonds. The second-order valence-corrected chi connectivity index (χ2v) is 6.67. The lowest BCUT2D eigenvalue weighted by Crippen LogP contribution is -2.50. The van der Waals surface area contributed by atoms with E-state index in [0.29, 0.717) is 11.1 Å². The molecule has 1 aliphatic rings. The summed E-state index contributed by atoms with van der Waals surface area (Å²) in [6, 6.07) is 2.34. The number of aliphatic hydroxyl groups excluding tert-OH is 3. The summed E-state index contributed by atoms with van der Waals surface area (Å²) in [5, 5.41) is 33.1. The minimum Gasteiger partial charge on any atom is -0.474 e. The van der Waals surface area contributed by atoms with E-state index in [1.54, 1.807) is 13.2 Å². The standard InChI is InChI=1S/C15H16F2N2O4S/c1-19-5-8(4-18-19)7-2-9(16)12(17)11(3-7)23-15-14(22)13(21)10(20)6-24-15/h2-5,10,13-15,20-22H,6H2,1H3/t10-,13+,14-,15-/m1/s1. The van der Waals surface area contributed by atoms with Gasteiger partial charge in [0.1, 0.15) is 12.2 Å². The van der Waals surface area contributed by atoms with Crippen molar-refractivity contribution in [2.45, 2.75) is 23.7 Å². The molecule has 0 radical (unpaired) electrons. The molecule has 130 valence electrons. The number of hydrogen-bond donors (Lipinski definition) is 3. The molecular formula is C15H16F2N2O4S. The molecule has 3 N–H and O–H groups in total. The van der Waals surface area contributed by atoms with Crippen LogP contribution in [0.4, 0.5) is 8.78 Å². The van der Waals surface area contributed by atoms with E-state index in [9.17, 15) is 24.1 Å². The third-order valence-electron chi connectivity index (χ3n) is 3.73. The molecule has 24 heavy (non-hydrogen) atoms. The Bertz CT molecular complexity index is 742. The molecule has 3 rings (SSSR count). The fraction of sp³-hybridized carbons (Fsp3) is 0.400. The lowest BCUT2D eigenvalue weighted by Gasteiger charge is -2.34. The van der Waals surface area contributed by atoms with Crippen LogP contribution in [-0.2, 0) is 7.05 Å². The Kier molecular flexibility index (Phi) is 4.77. The van der Waals surface area contributed by atoms with Crippen molar-refractivity contribution in [3.8, 4) is 16.9 Å². The molecule has 1 aromatic heterocycles. The highest BCUT2D eigenvalue weighted by atomic mass is 32.2. The van der Waals surface area contributed by atoms with Crippen LogP contribution in [0.1, 0.15) is 0 Å². The van der Waals surface area contributed by atoms with Gasteiger partial charge < -0.3 is 20.1 Å². The van der Waals surface area contributed by atoms with Crippen molar-refractivity contribution < 1.29 is 28.8 Å². The maximum Gasteiger partial charge on any atom is 0.200 e. The van der Waals surface area contributed by atoms with Crippen molar-refractivity contribution in [3.63, 3.8) is 0 Å². The van der Waals surface area contributed by atoms with Gasteiger partial charge in [0.15, 0.2) is 17.0 Å². The molecule has 1 aromatic carbocycles. The Balaban J connectivity index is 1.89. The van der Waals surface area contributed by atoms with Crippen molar-refractivity contribution >= 4 is 11.8 Å². The number of nitrogens with zero attached hydrogens (tertiary/aromatic N) is 2. The summed E-state index contributed by atoms with van der Waals surface area (Å²) < 4.78 is 34.8. The SMILES string of the molecule is Cn1cc(-c2cc(F)c(F)c(O[C@@H]3SC[C@@H](O)[C@H](O)[C@H]3O)c2)cn1. The highest BCUT2D eigenvalue weighted by Crippen LogP contribution is 2.33. The molecule has 2 heterocycles. The number of hydrogen-bond acceptors (Lipinski definition) is 6. The topological polar surface area (TPSA) is 87.7 Å². The fourth-order valence-electron chi connectivity index (χ4n) is 2.39. The summed E-state index contributed by atoms with van der Waals surface area (Å²) >= 11 is 1.01. The summed E-state index contributed by atoms with van der Waals surface area (Å²) in [5.41, 5.74) is -0.0807. The van der Waals surface area contributed by atoms with Crippen molar-refractivity contribution in [2.24, 2.45) is 7.05 Å². The first-order valence-electron chi connectivity index (χ1n) is 7.17. The maximum atomic E-state index is 14.0. The van der Waals surface area contributed by atoms with Gasteiger partial charge in [-0.05, 0) is 17.7 Å². The van der Waals surface area contributed by atoms with E-state index in [4.69, 9.17) is 4.74 Å². The van der Waals surface area contributed by atoms with Crippen molar-refractivity contribution in [1.29, 1.82) is 0 Å². The van der Waals surface area contributed by atoms with Crippen LogP contribution in [0.15, 0.2) is 24.5 Å². The first-order valence-corrected chi connectivity index (χ1v) is 8.22. The quantitative estimate of drug-likeness (QED) is 0.756. The summed E-state index contributed by atoms with van der Waals surface area (Å²) in [7, 11) is 1.70. The zero-order valence-corrected chi connectivity index (χ0v) is 13.5. The lowest BCUT2D eigenvalue weighted by molar-refractivity contribution is -0.0790. The molecule has 0 spiro atoms. The number of aliphatic hydroxyl groups is 3. The van der Waals surface area contributed by atoms with Crippen molar-refractivity contribution in [1.82, 2.24) is 9.78 Å². The molecule has 6 nitrogen and oxygen atoms in total. The molecule has 1 saturated heterocycles. The van der Waals surface area contributed by atoms with Crippen LogP contribution in [0.2, 0.25) is 0 Å². The minimum absolute atomic E-state index is 0.106. The smallest absolute Gasteiger partial charge is 0.200 e. The summed E-state index contributed by atoms with van der Waals surface area (Å²) in [5.74, 6) is -2.55. The zero-order chi connectivity index (χ0) is 17.4. The predicted molar refractivity (Wildman–Crippen MR) is 83.5 cm³/mol. The van der Waals surface area contributed by atoms with Crippen LogP contribution in [0, 0.1) is 11.6 Å². The van der Waals surface area contributed by atoms with Gasteiger partial charge in [0, 0.05) is 24.6 Å². The van der Waals surface area contributed by atoms with Gasteiger partial charge in [-0.2, -0.15) is 9.49 Å². The largest absolute Gasteiger partial charge is 0.474 e. The van der Waals surface area contributed by atoms with Crippen molar-refractivity contribution in [2.75, 3.05) is 5.75 Å². The van der Waals surface area contributed by atoms with Gasteiger partial charge in [0.05, 0.1) is 12.3 Å². The van der Waals surface area contributed by atoms with Crippen LogP contribution in [0.3, 0.4) is 0 Å². The van der Waals surface area contributed by atoms with Crippen LogP contribution >= 0.6 is 11.8 Å². The molecule has 4 atom stereocenters. The maximum absolute atomic E-state index is 14.0. The molecule has 0 bridgehead atoms. The van der Waals surface area contributed by atoms with Gasteiger partial charge in [-0.25, -0.2) is 4.39 Å². The van der Waals surface area contributed by atoms with E-state index in [0.717, 1.165) is 17.8 Å². The zero-order valence-electron chi connectivity index (χ0n) is 12.6. The van der Waals surface area contributed by atoms with E-state index < -0.39 is 35.4 Å². The van der Waals surface area contributed by atoms with Gasteiger partial charge in [-0.1, -0.05) is 0 Å². The van der Waals surface area contributed by atoms with Gasteiger partial charge in [-0.3, -0.25) is 4.68 Å². The van der Waals surface area contributed by atoms with Gasteiger partial charge in [0.2, 0.25) is 5.82 Å². The lowest BCUT2D eigenvalue weighted by atomic mass is 10.1. The first-order chi connectivity index (χ1) is 11.4. The van der Waals surface area contributed by atoms with Gasteiger partial charge in [-0.15, -0.1) is 11.8 Å². The Hall–Kier alpha value is -1.68. The summed E-state index contributed by atoms with van der Waals surface area (Å²) in [4.78, 5) is 0. The Morgan fingerprint density at radius 3 is 2.62 bits per heavy atom. The first kappa shape index (κ1) is 17.2. The predicted octanol–water partition coefficient (Wildman–Crippen LogP) is 0.900. The van der Waals surface area contributed by atoms with E-state index in [1.807, 2.05) is 0 Å². The van der Waals surface area contributed by atoms with Gasteiger partial charge in [0.25, 0.3) is 0 Å². The Labute approximate surface area is 140 Å². The number of rotatable bonds is 3. The summed E-state index contributed by atoms with van der Waals surface area (Å²) in [6.07, 6.45) is -0.802. The number of benzene rings is 1. The summed E-state index contributed by atoms with van der Waals surface area (Å²) in [6.45, 7) is 0. The second kappa shape index (κ2) is 6.67. The second-order valence-electron chi connectivity index (χ2n) is 5.54. The molecule has 1 aliphatic heterocycles. The van der Waals surface area contributed by atoms with Crippen molar-refractivity contribution in [3.05, 3.63) is 36.2 Å². The minimum atomic E-state index is -1.43. The van der Waals surface area contributed by atoms with Crippen LogP contribution in [0.5, 0.6) is 5.75 Å². The van der Waals surface area contributed by atoms with E-state index in [-0.39, 0.29) is 11.5 Å². The average Bonchev–Trinajstić information content (AvgIpc) is 2.98. The van der Waals surface area contributed by atoms with E-state index >= 15 is 0 Å². The number of halogens is 2. The van der Waals surface area contributed by atoms with E-state index in [1.165, 1.54) is 16.9 Å². The van der Waals surface area contributed by atoms with Gasteiger partial charge >= 0.3 is 0 Å². The molecular weight excluding hydrogens is 342 g/mol. The van der Waals surface area contributed by atoms with Crippen LogP contribution in [-0.4, -0.2) is 54.6 Å². The Morgan fingerprint density at radius 2 is 1.96 bits per heavy atom. The number of ether oxygens (including phenoxy) is 1. The van der Waals surface area contributed by atoms with Crippen LogP contribution in [0.25, 0.3) is 11.1 Å².